The van der Waals surface area contributed by atoms with Crippen LogP contribution < -0.4 is 10.6 Å². The molecule has 0 atom stereocenters. The fourth-order valence-corrected chi connectivity index (χ4v) is 1.94. The second-order valence-electron chi connectivity index (χ2n) is 4.65. The molecule has 2 rings (SSSR count). The highest BCUT2D eigenvalue weighted by Gasteiger charge is 2.13. The van der Waals surface area contributed by atoms with Gasteiger partial charge in [0.2, 0.25) is 5.91 Å². The van der Waals surface area contributed by atoms with Gasteiger partial charge in [0.25, 0.3) is 5.91 Å². The highest BCUT2D eigenvalue weighted by Crippen LogP contribution is 2.17. The number of ether oxygens (including phenoxy) is 1. The first-order valence-electron chi connectivity index (χ1n) is 6.91. The molecule has 23 heavy (non-hydrogen) atoms. The Morgan fingerprint density at radius 1 is 1.17 bits per heavy atom. The van der Waals surface area contributed by atoms with E-state index in [-0.39, 0.29) is 18.2 Å². The van der Waals surface area contributed by atoms with Crippen LogP contribution in [0.15, 0.2) is 42.6 Å². The monoisotopic (exact) mass is 333 g/mol. The summed E-state index contributed by atoms with van der Waals surface area (Å²) in [5.41, 5.74) is 0.773. The average Bonchev–Trinajstić information content (AvgIpc) is 2.55. The molecule has 0 unspecified atom stereocenters. The maximum Gasteiger partial charge on any atom is 0.258 e. The van der Waals surface area contributed by atoms with Gasteiger partial charge in [-0.05, 0) is 24.3 Å². The number of halogens is 1. The second kappa shape index (κ2) is 8.26. The largest absolute Gasteiger partial charge is 0.384 e. The molecule has 6 nitrogen and oxygen atoms in total. The van der Waals surface area contributed by atoms with E-state index in [1.165, 1.54) is 13.3 Å². The molecule has 0 spiro atoms. The van der Waals surface area contributed by atoms with E-state index in [0.29, 0.717) is 28.7 Å². The fourth-order valence-electron chi connectivity index (χ4n) is 1.83. The van der Waals surface area contributed by atoms with Gasteiger partial charge in [0.1, 0.15) is 5.82 Å². The number of carbonyl (C=O) groups is 2. The van der Waals surface area contributed by atoms with Gasteiger partial charge in [-0.3, -0.25) is 9.59 Å². The highest BCUT2D eigenvalue weighted by molar-refractivity contribution is 6.30. The predicted molar refractivity (Wildman–Crippen MR) is 88.8 cm³/mol. The SMILES string of the molecule is COCCC(=O)Nc1ccccc1C(=O)Nc1ccc(Cl)cn1. The summed E-state index contributed by atoms with van der Waals surface area (Å²) in [7, 11) is 1.52. The van der Waals surface area contributed by atoms with Crippen molar-refractivity contribution in [3.05, 3.63) is 53.2 Å². The number of benzene rings is 1. The number of hydrogen-bond donors (Lipinski definition) is 2. The quantitative estimate of drug-likeness (QED) is 0.851. The minimum Gasteiger partial charge on any atom is -0.384 e. The Labute approximate surface area is 138 Å². The topological polar surface area (TPSA) is 80.3 Å². The zero-order chi connectivity index (χ0) is 16.7. The lowest BCUT2D eigenvalue weighted by Gasteiger charge is -2.11. The van der Waals surface area contributed by atoms with Crippen LogP contribution in [0.2, 0.25) is 5.02 Å². The number of anilines is 2. The molecule has 1 heterocycles. The average molecular weight is 334 g/mol. The van der Waals surface area contributed by atoms with Crippen molar-refractivity contribution in [3.63, 3.8) is 0 Å². The van der Waals surface area contributed by atoms with Crippen LogP contribution in [0.4, 0.5) is 11.5 Å². The van der Waals surface area contributed by atoms with Crippen molar-refractivity contribution in [2.75, 3.05) is 24.4 Å². The van der Waals surface area contributed by atoms with Crippen LogP contribution in [0.5, 0.6) is 0 Å². The first-order valence-corrected chi connectivity index (χ1v) is 7.28. The number of nitrogens with one attached hydrogen (secondary N) is 2. The van der Waals surface area contributed by atoms with E-state index in [9.17, 15) is 9.59 Å². The standard InChI is InChI=1S/C16H16ClN3O3/c1-23-9-8-15(21)19-13-5-3-2-4-12(13)16(22)20-14-7-6-11(17)10-18-14/h2-7,10H,8-9H2,1H3,(H,19,21)(H,18,20,22). The molecule has 0 saturated carbocycles. The zero-order valence-corrected chi connectivity index (χ0v) is 13.3. The fraction of sp³-hybridized carbons (Fsp3) is 0.188. The number of amides is 2. The van der Waals surface area contributed by atoms with Gasteiger partial charge in [-0.25, -0.2) is 4.98 Å². The van der Waals surface area contributed by atoms with Crippen molar-refractivity contribution in [2.45, 2.75) is 6.42 Å². The highest BCUT2D eigenvalue weighted by atomic mass is 35.5. The molecule has 0 bridgehead atoms. The van der Waals surface area contributed by atoms with Crippen LogP contribution in [0.1, 0.15) is 16.8 Å². The van der Waals surface area contributed by atoms with E-state index in [0.717, 1.165) is 0 Å². The molecule has 7 heteroatoms. The van der Waals surface area contributed by atoms with Gasteiger partial charge in [0.15, 0.2) is 0 Å². The van der Waals surface area contributed by atoms with Gasteiger partial charge < -0.3 is 15.4 Å². The lowest BCUT2D eigenvalue weighted by atomic mass is 10.1. The van der Waals surface area contributed by atoms with Crippen LogP contribution in [0, 0.1) is 0 Å². The van der Waals surface area contributed by atoms with Crippen LogP contribution >= 0.6 is 11.6 Å². The molecule has 0 aliphatic heterocycles. The summed E-state index contributed by atoms with van der Waals surface area (Å²) in [6.07, 6.45) is 1.65. The van der Waals surface area contributed by atoms with E-state index >= 15 is 0 Å². The first kappa shape index (κ1) is 16.9. The maximum absolute atomic E-state index is 12.4. The molecule has 2 N–H and O–H groups in total. The van der Waals surface area contributed by atoms with Crippen molar-refractivity contribution in [2.24, 2.45) is 0 Å². The van der Waals surface area contributed by atoms with E-state index in [1.54, 1.807) is 36.4 Å². The third-order valence-corrected chi connectivity index (χ3v) is 3.17. The van der Waals surface area contributed by atoms with Crippen LogP contribution in [0.25, 0.3) is 0 Å². The number of carbonyl (C=O) groups excluding carboxylic acids is 2. The first-order chi connectivity index (χ1) is 11.1. The maximum atomic E-state index is 12.4. The van der Waals surface area contributed by atoms with Crippen molar-refractivity contribution < 1.29 is 14.3 Å². The molecule has 0 aliphatic rings. The molecular weight excluding hydrogens is 318 g/mol. The third kappa shape index (κ3) is 5.05. The minimum atomic E-state index is -0.373. The summed E-state index contributed by atoms with van der Waals surface area (Å²) in [6.45, 7) is 0.314. The lowest BCUT2D eigenvalue weighted by molar-refractivity contribution is -0.117. The second-order valence-corrected chi connectivity index (χ2v) is 5.09. The minimum absolute atomic E-state index is 0.213. The number of aromatic nitrogens is 1. The third-order valence-electron chi connectivity index (χ3n) is 2.95. The number of rotatable bonds is 6. The molecule has 0 aliphatic carbocycles. The Morgan fingerprint density at radius 3 is 2.65 bits per heavy atom. The number of hydrogen-bond acceptors (Lipinski definition) is 4. The molecule has 0 radical (unpaired) electrons. The summed E-state index contributed by atoms with van der Waals surface area (Å²) in [6, 6.07) is 9.97. The smallest absolute Gasteiger partial charge is 0.258 e. The van der Waals surface area contributed by atoms with Gasteiger partial charge >= 0.3 is 0 Å². The zero-order valence-electron chi connectivity index (χ0n) is 12.5. The van der Waals surface area contributed by atoms with Crippen molar-refractivity contribution in [3.8, 4) is 0 Å². The van der Waals surface area contributed by atoms with Gasteiger partial charge in [-0.15, -0.1) is 0 Å². The Kier molecular flexibility index (Phi) is 6.08. The summed E-state index contributed by atoms with van der Waals surface area (Å²) in [5.74, 6) is -0.223. The number of pyridine rings is 1. The summed E-state index contributed by atoms with van der Waals surface area (Å²) in [5, 5.41) is 5.84. The van der Waals surface area contributed by atoms with Crippen LogP contribution in [0.3, 0.4) is 0 Å². The summed E-state index contributed by atoms with van der Waals surface area (Å²) < 4.78 is 4.86. The normalized spacial score (nSPS) is 10.2. The van der Waals surface area contributed by atoms with E-state index in [1.807, 2.05) is 0 Å². The molecule has 2 amide bonds. The lowest BCUT2D eigenvalue weighted by Crippen LogP contribution is -2.19. The van der Waals surface area contributed by atoms with Crippen LogP contribution in [-0.4, -0.2) is 30.5 Å². The molecule has 1 aromatic heterocycles. The molecule has 2 aromatic rings. The van der Waals surface area contributed by atoms with E-state index in [2.05, 4.69) is 15.6 Å². The van der Waals surface area contributed by atoms with Gasteiger partial charge in [0.05, 0.1) is 29.3 Å². The van der Waals surface area contributed by atoms with Crippen molar-refractivity contribution in [1.82, 2.24) is 4.98 Å². The van der Waals surface area contributed by atoms with Gasteiger partial charge in [-0.1, -0.05) is 23.7 Å². The molecule has 120 valence electrons. The van der Waals surface area contributed by atoms with Crippen molar-refractivity contribution >= 4 is 34.9 Å². The summed E-state index contributed by atoms with van der Waals surface area (Å²) in [4.78, 5) is 28.2. The van der Waals surface area contributed by atoms with E-state index < -0.39 is 0 Å². The molecule has 1 aromatic carbocycles. The predicted octanol–water partition coefficient (Wildman–Crippen LogP) is 2.96. The number of nitrogens with zero attached hydrogens (tertiary/aromatic N) is 1. The van der Waals surface area contributed by atoms with Crippen LogP contribution in [-0.2, 0) is 9.53 Å². The molecular formula is C16H16ClN3O3. The summed E-state index contributed by atoms with van der Waals surface area (Å²) >= 11 is 5.76. The Balaban J connectivity index is 2.10. The number of para-hydroxylation sites is 1. The Hall–Kier alpha value is -2.44. The number of methoxy groups -OCH3 is 1. The van der Waals surface area contributed by atoms with Gasteiger partial charge in [-0.2, -0.15) is 0 Å². The van der Waals surface area contributed by atoms with Crippen molar-refractivity contribution in [1.29, 1.82) is 0 Å². The van der Waals surface area contributed by atoms with E-state index in [4.69, 9.17) is 16.3 Å². The molecule has 0 saturated heterocycles. The Morgan fingerprint density at radius 2 is 1.96 bits per heavy atom. The molecule has 0 fully saturated rings. The van der Waals surface area contributed by atoms with Gasteiger partial charge in [0, 0.05) is 13.3 Å². The Bertz CT molecular complexity index is 689.